The Morgan fingerprint density at radius 3 is 2.84 bits per heavy atom. The molecule has 0 bridgehead atoms. The molecule has 2 heterocycles. The smallest absolute Gasteiger partial charge is 0.225 e. The Morgan fingerprint density at radius 1 is 1.21 bits per heavy atom. The fraction of sp³-hybridized carbons (Fsp3) is 0.154. The molecule has 3 aromatic rings. The van der Waals surface area contributed by atoms with Gasteiger partial charge in [-0.25, -0.2) is 9.97 Å². The van der Waals surface area contributed by atoms with Gasteiger partial charge in [-0.2, -0.15) is 4.98 Å². The molecule has 19 heavy (non-hydrogen) atoms. The Balaban J connectivity index is 2.06. The van der Waals surface area contributed by atoms with Gasteiger partial charge in [0.15, 0.2) is 10.8 Å². The van der Waals surface area contributed by atoms with Crippen molar-refractivity contribution in [1.29, 1.82) is 0 Å². The maximum atomic E-state index is 5.99. The van der Waals surface area contributed by atoms with Gasteiger partial charge in [-0.3, -0.25) is 0 Å². The summed E-state index contributed by atoms with van der Waals surface area (Å²) in [5.74, 6) is 0. The topological polar surface area (TPSA) is 43.6 Å². The number of rotatable bonds is 2. The SMILES string of the molecule is Cc1cccc(Cn2cnc3c(Cl)nc(Cl)nc32)c1. The zero-order valence-electron chi connectivity index (χ0n) is 10.1. The lowest BCUT2D eigenvalue weighted by Crippen LogP contribution is -2.00. The number of nitrogens with zero attached hydrogens (tertiary/aromatic N) is 4. The maximum absolute atomic E-state index is 5.99. The first-order chi connectivity index (χ1) is 9.13. The zero-order chi connectivity index (χ0) is 13.4. The molecule has 96 valence electrons. The van der Waals surface area contributed by atoms with Crippen molar-refractivity contribution in [2.24, 2.45) is 0 Å². The van der Waals surface area contributed by atoms with E-state index in [2.05, 4.69) is 40.1 Å². The summed E-state index contributed by atoms with van der Waals surface area (Å²) in [4.78, 5) is 12.3. The van der Waals surface area contributed by atoms with Gasteiger partial charge in [0.1, 0.15) is 5.52 Å². The third-order valence-electron chi connectivity index (χ3n) is 2.83. The van der Waals surface area contributed by atoms with Gasteiger partial charge >= 0.3 is 0 Å². The summed E-state index contributed by atoms with van der Waals surface area (Å²) in [6.45, 7) is 2.73. The molecule has 0 saturated heterocycles. The highest BCUT2D eigenvalue weighted by atomic mass is 35.5. The van der Waals surface area contributed by atoms with Crippen molar-refractivity contribution in [1.82, 2.24) is 19.5 Å². The van der Waals surface area contributed by atoms with Gasteiger partial charge in [0.25, 0.3) is 0 Å². The second kappa shape index (κ2) is 4.79. The Hall–Kier alpha value is -1.65. The van der Waals surface area contributed by atoms with Crippen LogP contribution in [0.2, 0.25) is 10.4 Å². The van der Waals surface area contributed by atoms with Gasteiger partial charge in [0.2, 0.25) is 5.28 Å². The first-order valence-electron chi connectivity index (χ1n) is 5.73. The van der Waals surface area contributed by atoms with E-state index in [4.69, 9.17) is 23.2 Å². The van der Waals surface area contributed by atoms with Crippen molar-refractivity contribution >= 4 is 34.4 Å². The van der Waals surface area contributed by atoms with Gasteiger partial charge in [-0.1, -0.05) is 41.4 Å². The van der Waals surface area contributed by atoms with E-state index in [1.807, 2.05) is 10.6 Å². The number of halogens is 2. The first kappa shape index (κ1) is 12.4. The van der Waals surface area contributed by atoms with Crippen molar-refractivity contribution < 1.29 is 0 Å². The number of fused-ring (bicyclic) bond motifs is 1. The van der Waals surface area contributed by atoms with Crippen molar-refractivity contribution in [2.45, 2.75) is 13.5 Å². The van der Waals surface area contributed by atoms with E-state index in [-0.39, 0.29) is 10.4 Å². The van der Waals surface area contributed by atoms with E-state index in [1.165, 1.54) is 11.1 Å². The predicted octanol–water partition coefficient (Wildman–Crippen LogP) is 3.49. The molecule has 0 amide bonds. The average molecular weight is 293 g/mol. The highest BCUT2D eigenvalue weighted by Crippen LogP contribution is 2.21. The van der Waals surface area contributed by atoms with Crippen molar-refractivity contribution in [2.75, 3.05) is 0 Å². The zero-order valence-corrected chi connectivity index (χ0v) is 11.7. The molecule has 3 rings (SSSR count). The minimum Gasteiger partial charge on any atom is -0.311 e. The number of benzene rings is 1. The van der Waals surface area contributed by atoms with Crippen LogP contribution in [0.4, 0.5) is 0 Å². The summed E-state index contributed by atoms with van der Waals surface area (Å²) >= 11 is 11.8. The lowest BCUT2D eigenvalue weighted by molar-refractivity contribution is 0.812. The largest absolute Gasteiger partial charge is 0.311 e. The molecule has 0 aliphatic carbocycles. The summed E-state index contributed by atoms with van der Waals surface area (Å²) in [7, 11) is 0. The van der Waals surface area contributed by atoms with Crippen LogP contribution in [-0.2, 0) is 6.54 Å². The van der Waals surface area contributed by atoms with E-state index >= 15 is 0 Å². The molecule has 0 N–H and O–H groups in total. The highest BCUT2D eigenvalue weighted by molar-refractivity contribution is 6.35. The quantitative estimate of drug-likeness (QED) is 0.536. The van der Waals surface area contributed by atoms with Crippen molar-refractivity contribution in [3.63, 3.8) is 0 Å². The lowest BCUT2D eigenvalue weighted by atomic mass is 10.1. The second-order valence-corrected chi connectivity index (χ2v) is 5.01. The van der Waals surface area contributed by atoms with Crippen LogP contribution in [0.15, 0.2) is 30.6 Å². The van der Waals surface area contributed by atoms with Crippen LogP contribution in [0.5, 0.6) is 0 Å². The molecule has 0 aliphatic heterocycles. The monoisotopic (exact) mass is 292 g/mol. The molecule has 0 aliphatic rings. The number of aromatic nitrogens is 4. The summed E-state index contributed by atoms with van der Waals surface area (Å²) in [5.41, 5.74) is 3.60. The standard InChI is InChI=1S/C13H10Cl2N4/c1-8-3-2-4-9(5-8)6-19-7-16-10-11(14)17-13(15)18-12(10)19/h2-5,7H,6H2,1H3. The summed E-state index contributed by atoms with van der Waals surface area (Å²) in [6.07, 6.45) is 1.70. The molecule has 2 aromatic heterocycles. The minimum atomic E-state index is 0.128. The number of imidazole rings is 1. The maximum Gasteiger partial charge on any atom is 0.225 e. The molecule has 6 heteroatoms. The van der Waals surface area contributed by atoms with Gasteiger partial charge in [0, 0.05) is 0 Å². The van der Waals surface area contributed by atoms with E-state index in [1.54, 1.807) is 6.33 Å². The third kappa shape index (κ3) is 2.41. The van der Waals surface area contributed by atoms with Gasteiger partial charge in [-0.15, -0.1) is 0 Å². The predicted molar refractivity (Wildman–Crippen MR) is 75.6 cm³/mol. The van der Waals surface area contributed by atoms with E-state index in [0.717, 1.165) is 0 Å². The fourth-order valence-corrected chi connectivity index (χ4v) is 2.43. The molecule has 0 spiro atoms. The lowest BCUT2D eigenvalue weighted by Gasteiger charge is -2.05. The number of hydrogen-bond donors (Lipinski definition) is 0. The van der Waals surface area contributed by atoms with Crippen LogP contribution < -0.4 is 0 Å². The molecule has 1 aromatic carbocycles. The van der Waals surface area contributed by atoms with Crippen LogP contribution >= 0.6 is 23.2 Å². The molecule has 0 radical (unpaired) electrons. The van der Waals surface area contributed by atoms with Crippen molar-refractivity contribution in [3.05, 3.63) is 52.2 Å². The molecule has 0 atom stereocenters. The Bertz CT molecular complexity index is 751. The van der Waals surface area contributed by atoms with Crippen LogP contribution in [0.3, 0.4) is 0 Å². The molecule has 0 unspecified atom stereocenters. The van der Waals surface area contributed by atoms with Gasteiger partial charge in [0.05, 0.1) is 12.9 Å². The average Bonchev–Trinajstić information content (AvgIpc) is 2.73. The minimum absolute atomic E-state index is 0.128. The van der Waals surface area contributed by atoms with E-state index in [9.17, 15) is 0 Å². The summed E-state index contributed by atoms with van der Waals surface area (Å²) < 4.78 is 1.91. The Morgan fingerprint density at radius 2 is 2.05 bits per heavy atom. The summed E-state index contributed by atoms with van der Waals surface area (Å²) in [5, 5.41) is 0.404. The Labute approximate surface area is 120 Å². The van der Waals surface area contributed by atoms with Gasteiger partial charge < -0.3 is 4.57 Å². The second-order valence-electron chi connectivity index (χ2n) is 4.32. The Kier molecular flexibility index (Phi) is 3.12. The van der Waals surface area contributed by atoms with Crippen molar-refractivity contribution in [3.8, 4) is 0 Å². The number of aryl methyl sites for hydroxylation is 1. The third-order valence-corrected chi connectivity index (χ3v) is 3.26. The molecule has 0 saturated carbocycles. The molecule has 4 nitrogen and oxygen atoms in total. The fourth-order valence-electron chi connectivity index (χ4n) is 2.01. The normalized spacial score (nSPS) is 11.1. The highest BCUT2D eigenvalue weighted by Gasteiger charge is 2.11. The first-order valence-corrected chi connectivity index (χ1v) is 6.48. The van der Waals surface area contributed by atoms with E-state index in [0.29, 0.717) is 17.7 Å². The number of hydrogen-bond acceptors (Lipinski definition) is 3. The molecular weight excluding hydrogens is 283 g/mol. The van der Waals surface area contributed by atoms with Gasteiger partial charge in [-0.05, 0) is 24.1 Å². The molecule has 0 fully saturated rings. The van der Waals surface area contributed by atoms with E-state index < -0.39 is 0 Å². The summed E-state index contributed by atoms with van der Waals surface area (Å²) in [6, 6.07) is 8.27. The van der Waals surface area contributed by atoms with Crippen LogP contribution in [-0.4, -0.2) is 19.5 Å². The molecular formula is C13H10Cl2N4. The van der Waals surface area contributed by atoms with Crippen LogP contribution in [0, 0.1) is 6.92 Å². The van der Waals surface area contributed by atoms with Crippen LogP contribution in [0.1, 0.15) is 11.1 Å². The van der Waals surface area contributed by atoms with Crippen LogP contribution in [0.25, 0.3) is 11.2 Å².